The molecule has 2 rings (SSSR count). The van der Waals surface area contributed by atoms with E-state index in [1.165, 1.54) is 13.2 Å². The van der Waals surface area contributed by atoms with Crippen molar-refractivity contribution in [2.24, 2.45) is 5.92 Å². The van der Waals surface area contributed by atoms with E-state index in [1.54, 1.807) is 7.11 Å². The zero-order valence-electron chi connectivity index (χ0n) is 16.8. The minimum Gasteiger partial charge on any atom is -0.496 e. The molecule has 28 heavy (non-hydrogen) atoms. The fourth-order valence-electron chi connectivity index (χ4n) is 2.93. The van der Waals surface area contributed by atoms with Gasteiger partial charge in [0.05, 0.1) is 20.1 Å². The van der Waals surface area contributed by atoms with Gasteiger partial charge in [0, 0.05) is 18.2 Å². The summed E-state index contributed by atoms with van der Waals surface area (Å²) in [7, 11) is 2.95. The molecule has 0 saturated carbocycles. The molecule has 0 aliphatic rings. The van der Waals surface area contributed by atoms with Gasteiger partial charge >= 0.3 is 5.97 Å². The van der Waals surface area contributed by atoms with E-state index >= 15 is 0 Å². The number of nitrogens with one attached hydrogen (secondary N) is 1. The summed E-state index contributed by atoms with van der Waals surface area (Å²) in [5, 5.41) is 2.81. The zero-order chi connectivity index (χ0) is 20.5. The summed E-state index contributed by atoms with van der Waals surface area (Å²) in [6.07, 6.45) is 2.01. The van der Waals surface area contributed by atoms with Gasteiger partial charge in [0.2, 0.25) is 5.91 Å². The van der Waals surface area contributed by atoms with Gasteiger partial charge in [-0.25, -0.2) is 0 Å². The quantitative estimate of drug-likeness (QED) is 0.561. The summed E-state index contributed by atoms with van der Waals surface area (Å²) in [6, 6.07) is 15.5. The van der Waals surface area contributed by atoms with Crippen LogP contribution in [0.2, 0.25) is 0 Å². The van der Waals surface area contributed by atoms with E-state index in [0.717, 1.165) is 22.3 Å². The minimum atomic E-state index is -0.448. The average molecular weight is 381 g/mol. The zero-order valence-corrected chi connectivity index (χ0v) is 16.8. The van der Waals surface area contributed by atoms with Gasteiger partial charge in [0.1, 0.15) is 5.75 Å². The molecule has 0 spiro atoms. The molecular formula is C23H27NO4. The lowest BCUT2D eigenvalue weighted by Crippen LogP contribution is -2.34. The fraction of sp³-hybridized carbons (Fsp3) is 0.304. The van der Waals surface area contributed by atoms with Crippen molar-refractivity contribution in [2.45, 2.75) is 20.3 Å². The number of rotatable bonds is 8. The van der Waals surface area contributed by atoms with Crippen LogP contribution >= 0.6 is 0 Å². The number of amides is 1. The number of hydrogen-bond acceptors (Lipinski definition) is 4. The highest BCUT2D eigenvalue weighted by Crippen LogP contribution is 2.24. The molecule has 5 nitrogen and oxygen atoms in total. The number of para-hydroxylation sites is 1. The monoisotopic (exact) mass is 381 g/mol. The van der Waals surface area contributed by atoms with Gasteiger partial charge in [0.25, 0.3) is 0 Å². The molecular weight excluding hydrogens is 354 g/mol. The van der Waals surface area contributed by atoms with Crippen molar-refractivity contribution in [1.82, 2.24) is 5.32 Å². The van der Waals surface area contributed by atoms with E-state index in [1.807, 2.05) is 62.4 Å². The van der Waals surface area contributed by atoms with Crippen molar-refractivity contribution in [3.8, 4) is 5.75 Å². The van der Waals surface area contributed by atoms with Crippen LogP contribution in [0.4, 0.5) is 0 Å². The molecule has 0 heterocycles. The fourth-order valence-corrected chi connectivity index (χ4v) is 2.93. The van der Waals surface area contributed by atoms with Crippen molar-refractivity contribution in [3.63, 3.8) is 0 Å². The second-order valence-corrected chi connectivity index (χ2v) is 6.68. The van der Waals surface area contributed by atoms with Crippen LogP contribution in [0.25, 0.3) is 5.57 Å². The second-order valence-electron chi connectivity index (χ2n) is 6.68. The predicted molar refractivity (Wildman–Crippen MR) is 110 cm³/mol. The number of benzene rings is 2. The lowest BCUT2D eigenvalue weighted by atomic mass is 9.98. The molecule has 0 aliphatic heterocycles. The predicted octanol–water partition coefficient (Wildman–Crippen LogP) is 3.56. The van der Waals surface area contributed by atoms with Crippen molar-refractivity contribution in [1.29, 1.82) is 0 Å². The molecule has 0 aliphatic carbocycles. The van der Waals surface area contributed by atoms with Crippen molar-refractivity contribution in [2.75, 3.05) is 20.8 Å². The topological polar surface area (TPSA) is 64.6 Å². The number of allylic oxidation sites excluding steroid dienone is 1. The summed E-state index contributed by atoms with van der Waals surface area (Å²) in [5.41, 5.74) is 3.81. The van der Waals surface area contributed by atoms with Gasteiger partial charge in [-0.05, 0) is 37.5 Å². The van der Waals surface area contributed by atoms with Crippen LogP contribution in [0.3, 0.4) is 0 Å². The van der Waals surface area contributed by atoms with Crippen molar-refractivity contribution < 1.29 is 19.1 Å². The summed E-state index contributed by atoms with van der Waals surface area (Å²) in [4.78, 5) is 24.5. The van der Waals surface area contributed by atoms with Crippen LogP contribution in [0.5, 0.6) is 5.75 Å². The number of carbonyl (C=O) groups excluding carboxylic acids is 2. The van der Waals surface area contributed by atoms with E-state index in [0.29, 0.717) is 12.2 Å². The molecule has 0 fully saturated rings. The molecule has 0 radical (unpaired) electrons. The highest BCUT2D eigenvalue weighted by molar-refractivity contribution is 5.95. The molecule has 2 aromatic carbocycles. The Morgan fingerprint density at radius 1 is 1.07 bits per heavy atom. The first-order valence-electron chi connectivity index (χ1n) is 9.17. The lowest BCUT2D eigenvalue weighted by Gasteiger charge is -2.15. The first kappa shape index (κ1) is 21.2. The number of methoxy groups -OCH3 is 2. The molecule has 1 amide bonds. The third-order valence-electron chi connectivity index (χ3n) is 4.54. The molecule has 5 heteroatoms. The molecule has 0 aromatic heterocycles. The van der Waals surface area contributed by atoms with Gasteiger partial charge in [-0.15, -0.1) is 0 Å². The van der Waals surface area contributed by atoms with Crippen LogP contribution in [-0.2, 0) is 20.7 Å². The minimum absolute atomic E-state index is 0.203. The van der Waals surface area contributed by atoms with Gasteiger partial charge in [-0.2, -0.15) is 0 Å². The van der Waals surface area contributed by atoms with Gasteiger partial charge in [-0.3, -0.25) is 9.59 Å². The first-order valence-corrected chi connectivity index (χ1v) is 9.17. The average Bonchev–Trinajstić information content (AvgIpc) is 2.71. The largest absolute Gasteiger partial charge is 0.496 e. The van der Waals surface area contributed by atoms with Gasteiger partial charge in [0.15, 0.2) is 0 Å². The molecule has 1 unspecified atom stereocenters. The second kappa shape index (κ2) is 10.3. The molecule has 1 N–H and O–H groups in total. The van der Waals surface area contributed by atoms with E-state index in [9.17, 15) is 9.59 Å². The number of hydrogen-bond donors (Lipinski definition) is 1. The Labute approximate surface area is 166 Å². The molecule has 1 atom stereocenters. The van der Waals surface area contributed by atoms with E-state index in [-0.39, 0.29) is 18.4 Å². The Bertz CT molecular complexity index is 840. The molecule has 148 valence electrons. The van der Waals surface area contributed by atoms with Crippen LogP contribution in [0.15, 0.2) is 54.6 Å². The maximum absolute atomic E-state index is 12.4. The smallest absolute Gasteiger partial charge is 0.310 e. The van der Waals surface area contributed by atoms with Crippen LogP contribution in [0, 0.1) is 12.8 Å². The summed E-state index contributed by atoms with van der Waals surface area (Å²) >= 11 is 0. The first-order chi connectivity index (χ1) is 13.4. The number of carbonyl (C=O) groups is 2. The standard InChI is InChI=1S/C23H27NO4/c1-16-9-11-18(12-10-16)14-19(23(26)28-4)15-24-22(25)13-17(2)20-7-5-6-8-21(20)27-3/h5-13,19H,14-15H2,1-4H3,(H,24,25)/b17-13-. The highest BCUT2D eigenvalue weighted by Gasteiger charge is 2.20. The number of ether oxygens (including phenoxy) is 2. The molecule has 0 bridgehead atoms. The van der Waals surface area contributed by atoms with Crippen molar-refractivity contribution in [3.05, 3.63) is 71.3 Å². The third-order valence-corrected chi connectivity index (χ3v) is 4.54. The van der Waals surface area contributed by atoms with Gasteiger partial charge < -0.3 is 14.8 Å². The normalized spacial score (nSPS) is 12.2. The highest BCUT2D eigenvalue weighted by atomic mass is 16.5. The van der Waals surface area contributed by atoms with Gasteiger partial charge in [-0.1, -0.05) is 48.0 Å². The van der Waals surface area contributed by atoms with Crippen molar-refractivity contribution >= 4 is 17.4 Å². The van der Waals surface area contributed by atoms with Crippen LogP contribution in [-0.4, -0.2) is 32.6 Å². The maximum atomic E-state index is 12.4. The van der Waals surface area contributed by atoms with Crippen LogP contribution in [0.1, 0.15) is 23.6 Å². The Hall–Kier alpha value is -3.08. The summed E-state index contributed by atoms with van der Waals surface area (Å²) < 4.78 is 10.2. The summed E-state index contributed by atoms with van der Waals surface area (Å²) in [5.74, 6) is -0.347. The van der Waals surface area contributed by atoms with E-state index < -0.39 is 5.92 Å². The maximum Gasteiger partial charge on any atom is 0.310 e. The van der Waals surface area contributed by atoms with Crippen LogP contribution < -0.4 is 10.1 Å². The Morgan fingerprint density at radius 2 is 1.75 bits per heavy atom. The van der Waals surface area contributed by atoms with E-state index in [4.69, 9.17) is 9.47 Å². The Morgan fingerprint density at radius 3 is 2.39 bits per heavy atom. The Kier molecular flexibility index (Phi) is 7.81. The number of aryl methyl sites for hydroxylation is 1. The summed E-state index contributed by atoms with van der Waals surface area (Å²) in [6.45, 7) is 4.06. The lowest BCUT2D eigenvalue weighted by molar-refractivity contribution is -0.145. The third kappa shape index (κ3) is 5.98. The molecule has 2 aromatic rings. The SMILES string of the molecule is COC(=O)C(CNC(=O)/C=C(/C)c1ccccc1OC)Cc1ccc(C)cc1. The number of esters is 1. The Balaban J connectivity index is 2.04. The van der Waals surface area contributed by atoms with E-state index in [2.05, 4.69) is 5.32 Å². The molecule has 0 saturated heterocycles.